The van der Waals surface area contributed by atoms with Crippen molar-refractivity contribution in [3.63, 3.8) is 0 Å². The molecule has 0 bridgehead atoms. The van der Waals surface area contributed by atoms with Gasteiger partial charge in [-0.15, -0.1) is 0 Å². The standard InChI is InChI=1S/C20H28N4O3S2/c1-23(29(26,27)18-6-4-17(14-21)5-7-18)15-19(25)22-16-20(8-2-3-9-20)24-10-12-28-13-11-24/h4-7H,2-3,8-13,15-16H2,1H3,(H,22,25). The zero-order valence-electron chi connectivity index (χ0n) is 16.8. The predicted octanol–water partition coefficient (Wildman–Crippen LogP) is 1.66. The maximum atomic E-state index is 12.7. The average molecular weight is 437 g/mol. The Bertz CT molecular complexity index is 853. The van der Waals surface area contributed by atoms with Crippen LogP contribution in [0.4, 0.5) is 0 Å². The van der Waals surface area contributed by atoms with Gasteiger partial charge in [0, 0.05) is 43.7 Å². The molecule has 158 valence electrons. The molecule has 0 unspecified atom stereocenters. The molecule has 3 rings (SSSR count). The van der Waals surface area contributed by atoms with E-state index in [9.17, 15) is 13.2 Å². The molecule has 1 amide bonds. The SMILES string of the molecule is CN(CC(=O)NCC1(N2CCSCC2)CCCC1)S(=O)(=O)c1ccc(C#N)cc1. The number of hydrogen-bond donors (Lipinski definition) is 1. The Balaban J connectivity index is 1.59. The minimum Gasteiger partial charge on any atom is -0.353 e. The quantitative estimate of drug-likeness (QED) is 0.699. The minimum absolute atomic E-state index is 0.0151. The molecule has 1 heterocycles. The summed E-state index contributed by atoms with van der Waals surface area (Å²) in [6, 6.07) is 7.67. The molecule has 1 aromatic rings. The molecule has 1 aromatic carbocycles. The van der Waals surface area contributed by atoms with Crippen molar-refractivity contribution in [3.05, 3.63) is 29.8 Å². The Hall–Kier alpha value is -1.60. The van der Waals surface area contributed by atoms with E-state index in [1.807, 2.05) is 17.8 Å². The van der Waals surface area contributed by atoms with Crippen LogP contribution in [0.1, 0.15) is 31.2 Å². The zero-order valence-corrected chi connectivity index (χ0v) is 18.4. The lowest BCUT2D eigenvalue weighted by atomic mass is 9.94. The highest BCUT2D eigenvalue weighted by Crippen LogP contribution is 2.36. The van der Waals surface area contributed by atoms with Gasteiger partial charge in [0.05, 0.1) is 23.1 Å². The molecule has 7 nitrogen and oxygen atoms in total. The molecule has 0 radical (unpaired) electrons. The van der Waals surface area contributed by atoms with E-state index in [1.54, 1.807) is 0 Å². The summed E-state index contributed by atoms with van der Waals surface area (Å²) in [5, 5.41) is 11.9. The highest BCUT2D eigenvalue weighted by molar-refractivity contribution is 7.99. The Morgan fingerprint density at radius 2 is 1.86 bits per heavy atom. The number of carbonyl (C=O) groups excluding carboxylic acids is 1. The van der Waals surface area contributed by atoms with Crippen LogP contribution in [0, 0.1) is 11.3 Å². The Morgan fingerprint density at radius 3 is 2.45 bits per heavy atom. The van der Waals surface area contributed by atoms with Crippen LogP contribution in [0.5, 0.6) is 0 Å². The van der Waals surface area contributed by atoms with E-state index in [4.69, 9.17) is 5.26 Å². The minimum atomic E-state index is -3.78. The number of sulfonamides is 1. The summed E-state index contributed by atoms with van der Waals surface area (Å²) >= 11 is 1.97. The van der Waals surface area contributed by atoms with Crippen molar-refractivity contribution in [3.8, 4) is 6.07 Å². The van der Waals surface area contributed by atoms with Crippen LogP contribution >= 0.6 is 11.8 Å². The molecule has 1 aliphatic heterocycles. The molecule has 2 fully saturated rings. The summed E-state index contributed by atoms with van der Waals surface area (Å²) in [5.41, 5.74) is 0.406. The van der Waals surface area contributed by atoms with Crippen LogP contribution in [-0.2, 0) is 14.8 Å². The highest BCUT2D eigenvalue weighted by Gasteiger charge is 2.40. The number of carbonyl (C=O) groups is 1. The van der Waals surface area contributed by atoms with E-state index < -0.39 is 10.0 Å². The van der Waals surface area contributed by atoms with Gasteiger partial charge < -0.3 is 5.32 Å². The third-order valence-corrected chi connectivity index (χ3v) is 8.65. The molecular formula is C20H28N4O3S2. The Kier molecular flexibility index (Phi) is 7.22. The van der Waals surface area contributed by atoms with Crippen LogP contribution in [0.15, 0.2) is 29.2 Å². The van der Waals surface area contributed by atoms with Gasteiger partial charge in [0.2, 0.25) is 15.9 Å². The third kappa shape index (κ3) is 5.12. The fourth-order valence-corrected chi connectivity index (χ4v) is 6.19. The maximum absolute atomic E-state index is 12.7. The van der Waals surface area contributed by atoms with Gasteiger partial charge >= 0.3 is 0 Å². The Labute approximate surface area is 177 Å². The number of nitrogens with zero attached hydrogens (tertiary/aromatic N) is 3. The number of amides is 1. The Morgan fingerprint density at radius 1 is 1.24 bits per heavy atom. The molecular weight excluding hydrogens is 408 g/mol. The van der Waals surface area contributed by atoms with Crippen molar-refractivity contribution in [2.24, 2.45) is 0 Å². The van der Waals surface area contributed by atoms with Gasteiger partial charge in [0.15, 0.2) is 0 Å². The monoisotopic (exact) mass is 436 g/mol. The zero-order chi connectivity index (χ0) is 20.9. The van der Waals surface area contributed by atoms with Crippen LogP contribution in [0.25, 0.3) is 0 Å². The summed E-state index contributed by atoms with van der Waals surface area (Å²) in [7, 11) is -2.38. The molecule has 0 spiro atoms. The topological polar surface area (TPSA) is 93.5 Å². The lowest BCUT2D eigenvalue weighted by Gasteiger charge is -2.43. The number of hydrogen-bond acceptors (Lipinski definition) is 6. The number of rotatable bonds is 7. The number of likely N-dealkylation sites (N-methyl/N-ethyl adjacent to an activating group) is 1. The lowest BCUT2D eigenvalue weighted by Crippen LogP contribution is -2.57. The van der Waals surface area contributed by atoms with Gasteiger partial charge in [-0.05, 0) is 37.1 Å². The van der Waals surface area contributed by atoms with E-state index in [2.05, 4.69) is 10.2 Å². The summed E-state index contributed by atoms with van der Waals surface area (Å²) in [6.07, 6.45) is 4.51. The average Bonchev–Trinajstić information content (AvgIpc) is 3.23. The number of nitrogens with one attached hydrogen (secondary N) is 1. The molecule has 0 aromatic heterocycles. The van der Waals surface area contributed by atoms with Gasteiger partial charge in [-0.1, -0.05) is 12.8 Å². The van der Waals surface area contributed by atoms with Crippen molar-refractivity contribution in [1.29, 1.82) is 5.26 Å². The van der Waals surface area contributed by atoms with Crippen molar-refractivity contribution in [2.75, 3.05) is 44.7 Å². The normalized spacial score (nSPS) is 19.8. The number of benzene rings is 1. The molecule has 29 heavy (non-hydrogen) atoms. The fourth-order valence-electron chi connectivity index (χ4n) is 4.16. The summed E-state index contributed by atoms with van der Waals surface area (Å²) in [4.78, 5) is 15.1. The van der Waals surface area contributed by atoms with E-state index in [0.29, 0.717) is 12.1 Å². The van der Waals surface area contributed by atoms with Gasteiger partial charge in [0.25, 0.3) is 0 Å². The first-order valence-electron chi connectivity index (χ1n) is 9.93. The summed E-state index contributed by atoms with van der Waals surface area (Å²) < 4.78 is 26.4. The van der Waals surface area contributed by atoms with Gasteiger partial charge in [-0.3, -0.25) is 9.69 Å². The summed E-state index contributed by atoms with van der Waals surface area (Å²) in [6.45, 7) is 2.44. The molecule has 1 aliphatic carbocycles. The van der Waals surface area contributed by atoms with Crippen LogP contribution < -0.4 is 5.32 Å². The van der Waals surface area contributed by atoms with Crippen molar-refractivity contribution >= 4 is 27.7 Å². The van der Waals surface area contributed by atoms with Crippen molar-refractivity contribution in [2.45, 2.75) is 36.1 Å². The highest BCUT2D eigenvalue weighted by atomic mass is 32.2. The lowest BCUT2D eigenvalue weighted by molar-refractivity contribution is -0.121. The predicted molar refractivity (Wildman–Crippen MR) is 114 cm³/mol. The van der Waals surface area contributed by atoms with E-state index in [1.165, 1.54) is 44.2 Å². The second-order valence-electron chi connectivity index (χ2n) is 7.70. The van der Waals surface area contributed by atoms with E-state index >= 15 is 0 Å². The molecule has 1 saturated carbocycles. The number of thioether (sulfide) groups is 1. The van der Waals surface area contributed by atoms with E-state index in [-0.39, 0.29) is 22.9 Å². The van der Waals surface area contributed by atoms with Crippen LogP contribution in [0.2, 0.25) is 0 Å². The van der Waals surface area contributed by atoms with Gasteiger partial charge in [0.1, 0.15) is 0 Å². The third-order valence-electron chi connectivity index (χ3n) is 5.89. The molecule has 9 heteroatoms. The molecule has 2 aliphatic rings. The molecule has 0 atom stereocenters. The fraction of sp³-hybridized carbons (Fsp3) is 0.600. The molecule has 1 N–H and O–H groups in total. The molecule has 1 saturated heterocycles. The van der Waals surface area contributed by atoms with Crippen molar-refractivity contribution < 1.29 is 13.2 Å². The van der Waals surface area contributed by atoms with Gasteiger partial charge in [-0.2, -0.15) is 21.3 Å². The first-order chi connectivity index (χ1) is 13.9. The smallest absolute Gasteiger partial charge is 0.243 e. The number of nitriles is 1. The summed E-state index contributed by atoms with van der Waals surface area (Å²) in [5.74, 6) is 1.96. The van der Waals surface area contributed by atoms with Crippen molar-refractivity contribution in [1.82, 2.24) is 14.5 Å². The second-order valence-corrected chi connectivity index (χ2v) is 11.0. The largest absolute Gasteiger partial charge is 0.353 e. The van der Waals surface area contributed by atoms with Crippen LogP contribution in [-0.4, -0.2) is 73.8 Å². The van der Waals surface area contributed by atoms with Gasteiger partial charge in [-0.25, -0.2) is 8.42 Å². The second kappa shape index (κ2) is 9.47. The van der Waals surface area contributed by atoms with Crippen LogP contribution in [0.3, 0.4) is 0 Å². The first kappa shape index (κ1) is 22.1. The van der Waals surface area contributed by atoms with E-state index in [0.717, 1.165) is 41.7 Å². The first-order valence-corrected chi connectivity index (χ1v) is 12.5. The maximum Gasteiger partial charge on any atom is 0.243 e.